The van der Waals surface area contributed by atoms with Crippen LogP contribution in [0.1, 0.15) is 71.5 Å². The van der Waals surface area contributed by atoms with E-state index in [1.165, 1.54) is 12.7 Å². The number of nitrogens with one attached hydrogen (secondary N) is 1. The maximum Gasteiger partial charge on any atom is 0.167 e. The van der Waals surface area contributed by atoms with E-state index in [0.717, 1.165) is 48.1 Å². The molecule has 12 nitrogen and oxygen atoms in total. The number of fused-ring (bicyclic) bond motifs is 2. The van der Waals surface area contributed by atoms with Crippen LogP contribution in [0.3, 0.4) is 0 Å². The molecule has 42 heavy (non-hydrogen) atoms. The van der Waals surface area contributed by atoms with Gasteiger partial charge in [0.1, 0.15) is 41.7 Å². The number of nitrogen functional groups attached to an aromatic ring is 1. The second-order valence-electron chi connectivity index (χ2n) is 13.3. The number of aromatic nitrogens is 6. The summed E-state index contributed by atoms with van der Waals surface area (Å²) >= 11 is 0. The topological polar surface area (TPSA) is 171 Å². The van der Waals surface area contributed by atoms with E-state index in [-0.39, 0.29) is 23.0 Å². The minimum absolute atomic E-state index is 0.150. The Morgan fingerprint density at radius 2 is 1.90 bits per heavy atom. The van der Waals surface area contributed by atoms with Crippen LogP contribution in [-0.4, -0.2) is 86.6 Å². The molecule has 2 fully saturated rings. The summed E-state index contributed by atoms with van der Waals surface area (Å²) in [5, 5.41) is 32.3. The Balaban J connectivity index is 1.06. The average Bonchev–Trinajstić information content (AvgIpc) is 3.58. The van der Waals surface area contributed by atoms with Crippen molar-refractivity contribution in [3.63, 3.8) is 0 Å². The van der Waals surface area contributed by atoms with E-state index in [9.17, 15) is 15.3 Å². The van der Waals surface area contributed by atoms with Crippen LogP contribution in [0.2, 0.25) is 0 Å². The van der Waals surface area contributed by atoms with E-state index in [1.54, 1.807) is 10.6 Å². The Morgan fingerprint density at radius 1 is 1.14 bits per heavy atom. The number of benzene rings is 1. The normalized spacial score (nSPS) is 26.6. The fourth-order valence-electron chi connectivity index (χ4n) is 6.52. The third-order valence-electron chi connectivity index (χ3n) is 8.98. The van der Waals surface area contributed by atoms with Crippen LogP contribution in [0, 0.1) is 5.92 Å². The summed E-state index contributed by atoms with van der Waals surface area (Å²) in [6.45, 7) is 11.1. The first-order valence-electron chi connectivity index (χ1n) is 14.8. The van der Waals surface area contributed by atoms with Gasteiger partial charge in [-0.15, -0.1) is 0 Å². The van der Waals surface area contributed by atoms with E-state index in [0.29, 0.717) is 29.7 Å². The number of hydrogen-bond donors (Lipinski definition) is 5. The molecule has 1 saturated carbocycles. The molecule has 4 unspecified atom stereocenters. The molecule has 0 bridgehead atoms. The first-order chi connectivity index (χ1) is 19.9. The lowest BCUT2D eigenvalue weighted by Crippen LogP contribution is -2.52. The molecule has 0 spiro atoms. The summed E-state index contributed by atoms with van der Waals surface area (Å²) < 4.78 is 7.84. The van der Waals surface area contributed by atoms with Gasteiger partial charge in [0.15, 0.2) is 17.7 Å². The highest BCUT2D eigenvalue weighted by Gasteiger charge is 2.46. The maximum absolute atomic E-state index is 10.9. The van der Waals surface area contributed by atoms with Crippen molar-refractivity contribution in [1.29, 1.82) is 0 Å². The Hall–Kier alpha value is -3.32. The molecule has 226 valence electrons. The molecule has 4 atom stereocenters. The monoisotopic (exact) mass is 578 g/mol. The van der Waals surface area contributed by atoms with Crippen molar-refractivity contribution in [3.8, 4) is 5.75 Å². The molecule has 4 aromatic rings. The standard InChI is InChI=1S/C30H42N8O4/c1-15(2)37(12-22-25(40)26(41)29(42-22)38-14-34-24-27(31)32-13-33-28(24)38)17-8-16(9-17)6-7-23-35-19-10-18(30(3,4)5)21(39)11-20(19)36-23/h10-11,13-17,22,25-26,29,39-41H,6-9,12H2,1-5H3,(H,35,36)(H2,31,32,33). The number of nitrogens with two attached hydrogens (primary N) is 1. The number of phenolic OH excluding ortho intramolecular Hbond substituents is 1. The summed E-state index contributed by atoms with van der Waals surface area (Å²) in [7, 11) is 0. The maximum atomic E-state index is 10.9. The van der Waals surface area contributed by atoms with Gasteiger partial charge in [-0.1, -0.05) is 20.8 Å². The van der Waals surface area contributed by atoms with Crippen LogP contribution < -0.4 is 5.73 Å². The smallest absolute Gasteiger partial charge is 0.167 e. The van der Waals surface area contributed by atoms with Crippen molar-refractivity contribution in [2.75, 3.05) is 12.3 Å². The highest BCUT2D eigenvalue weighted by molar-refractivity contribution is 5.81. The largest absolute Gasteiger partial charge is 0.508 e. The first kappa shape index (κ1) is 28.8. The highest BCUT2D eigenvalue weighted by Crippen LogP contribution is 2.39. The molecule has 6 rings (SSSR count). The van der Waals surface area contributed by atoms with Crippen molar-refractivity contribution < 1.29 is 20.1 Å². The summed E-state index contributed by atoms with van der Waals surface area (Å²) in [5.41, 5.74) is 9.33. The van der Waals surface area contributed by atoms with Crippen LogP contribution in [0.5, 0.6) is 5.75 Å². The number of aliphatic hydroxyl groups is 2. The van der Waals surface area contributed by atoms with E-state index >= 15 is 0 Å². The minimum atomic E-state index is -1.13. The van der Waals surface area contributed by atoms with Gasteiger partial charge in [-0.25, -0.2) is 19.9 Å². The number of aryl methyl sites for hydroxylation is 1. The van der Waals surface area contributed by atoms with E-state index in [1.807, 2.05) is 6.07 Å². The van der Waals surface area contributed by atoms with Gasteiger partial charge in [0.2, 0.25) is 0 Å². The number of aliphatic hydroxyl groups excluding tert-OH is 2. The Morgan fingerprint density at radius 3 is 2.62 bits per heavy atom. The van der Waals surface area contributed by atoms with Crippen molar-refractivity contribution in [2.45, 2.75) is 102 Å². The number of nitrogens with zero attached hydrogens (tertiary/aromatic N) is 6. The molecule has 2 aliphatic rings. The van der Waals surface area contributed by atoms with Crippen molar-refractivity contribution >= 4 is 28.0 Å². The number of ether oxygens (including phenoxy) is 1. The van der Waals surface area contributed by atoms with Gasteiger partial charge in [-0.3, -0.25) is 9.47 Å². The molecule has 0 amide bonds. The van der Waals surface area contributed by atoms with Crippen LogP contribution in [0.4, 0.5) is 5.82 Å². The van der Waals surface area contributed by atoms with Gasteiger partial charge in [0.05, 0.1) is 17.4 Å². The van der Waals surface area contributed by atoms with Gasteiger partial charge < -0.3 is 30.8 Å². The van der Waals surface area contributed by atoms with Crippen molar-refractivity contribution in [3.05, 3.63) is 36.2 Å². The number of anilines is 1. The average molecular weight is 579 g/mol. The summed E-state index contributed by atoms with van der Waals surface area (Å²) in [4.78, 5) is 23.1. The molecule has 1 saturated heterocycles. The van der Waals surface area contributed by atoms with Crippen LogP contribution >= 0.6 is 0 Å². The third-order valence-corrected chi connectivity index (χ3v) is 8.98. The fourth-order valence-corrected chi connectivity index (χ4v) is 6.52. The lowest BCUT2D eigenvalue weighted by Gasteiger charge is -2.46. The second kappa shape index (κ2) is 10.7. The minimum Gasteiger partial charge on any atom is -0.508 e. The number of H-pyrrole nitrogens is 1. The Kier molecular flexibility index (Phi) is 7.37. The zero-order chi connectivity index (χ0) is 29.9. The number of aromatic hydroxyl groups is 1. The zero-order valence-electron chi connectivity index (χ0n) is 24.9. The van der Waals surface area contributed by atoms with Gasteiger partial charge in [0.25, 0.3) is 0 Å². The van der Waals surface area contributed by atoms with Crippen LogP contribution in [0.25, 0.3) is 22.2 Å². The Bertz CT molecular complexity index is 1570. The van der Waals surface area contributed by atoms with E-state index in [4.69, 9.17) is 15.5 Å². The van der Waals surface area contributed by atoms with Crippen molar-refractivity contribution in [2.24, 2.45) is 5.92 Å². The molecule has 3 aromatic heterocycles. The summed E-state index contributed by atoms with van der Waals surface area (Å²) in [6, 6.07) is 4.41. The molecule has 6 N–H and O–H groups in total. The number of phenols is 1. The molecule has 4 heterocycles. The molecule has 1 aromatic carbocycles. The SMILES string of the molecule is CC(C)N(CC1OC(n2cnc3c(N)ncnc32)C(O)C1O)C1CC(CCc2nc3cc(O)c(C(C)(C)C)cc3[nH]2)C1. The fraction of sp³-hybridized carbons (Fsp3) is 0.600. The van der Waals surface area contributed by atoms with E-state index in [2.05, 4.69) is 59.5 Å². The number of imidazole rings is 2. The van der Waals surface area contributed by atoms with Gasteiger partial charge >= 0.3 is 0 Å². The molecule has 12 heteroatoms. The van der Waals surface area contributed by atoms with Gasteiger partial charge in [-0.05, 0) is 50.5 Å². The number of aromatic amines is 1. The summed E-state index contributed by atoms with van der Waals surface area (Å²) in [6.07, 6.45) is 3.31. The van der Waals surface area contributed by atoms with Gasteiger partial charge in [-0.2, -0.15) is 0 Å². The number of rotatable bonds is 8. The van der Waals surface area contributed by atoms with Gasteiger partial charge in [0, 0.05) is 36.7 Å². The van der Waals surface area contributed by atoms with Crippen LogP contribution in [-0.2, 0) is 16.6 Å². The van der Waals surface area contributed by atoms with Crippen molar-refractivity contribution in [1.82, 2.24) is 34.4 Å². The third kappa shape index (κ3) is 5.21. The molecule has 1 aliphatic heterocycles. The predicted octanol–water partition coefficient (Wildman–Crippen LogP) is 3.03. The molecular formula is C30H42N8O4. The van der Waals surface area contributed by atoms with E-state index < -0.39 is 24.5 Å². The quantitative estimate of drug-likeness (QED) is 0.209. The Labute approximate surface area is 245 Å². The van der Waals surface area contributed by atoms with Crippen LogP contribution in [0.15, 0.2) is 24.8 Å². The molecular weight excluding hydrogens is 536 g/mol. The number of hydrogen-bond acceptors (Lipinski definition) is 10. The predicted molar refractivity (Wildman–Crippen MR) is 159 cm³/mol. The highest BCUT2D eigenvalue weighted by atomic mass is 16.6. The second-order valence-corrected chi connectivity index (χ2v) is 13.3. The lowest BCUT2D eigenvalue weighted by atomic mass is 9.76. The lowest BCUT2D eigenvalue weighted by molar-refractivity contribution is -0.0620. The molecule has 1 aliphatic carbocycles. The zero-order valence-corrected chi connectivity index (χ0v) is 24.9. The first-order valence-corrected chi connectivity index (χ1v) is 14.8. The molecule has 0 radical (unpaired) electrons. The summed E-state index contributed by atoms with van der Waals surface area (Å²) in [5.74, 6) is 2.07.